The van der Waals surface area contributed by atoms with Gasteiger partial charge in [-0.2, -0.15) is 13.2 Å². The number of sulfonamides is 1. The zero-order valence-corrected chi connectivity index (χ0v) is 22.7. The van der Waals surface area contributed by atoms with Crippen molar-refractivity contribution in [1.29, 1.82) is 0 Å². The Bertz CT molecular complexity index is 1230. The molecule has 0 spiro atoms. The summed E-state index contributed by atoms with van der Waals surface area (Å²) in [5.74, 6) is -1.08. The van der Waals surface area contributed by atoms with Crippen LogP contribution in [0.2, 0.25) is 5.02 Å². The normalized spacial score (nSPS) is 15.2. The highest BCUT2D eigenvalue weighted by Gasteiger charge is 2.35. The van der Waals surface area contributed by atoms with Crippen molar-refractivity contribution in [1.82, 2.24) is 10.2 Å². The Balaban J connectivity index is 1.95. The predicted molar refractivity (Wildman–Crippen MR) is 140 cm³/mol. The minimum absolute atomic E-state index is 0.00154. The highest BCUT2D eigenvalue weighted by Crippen LogP contribution is 2.32. The molecule has 1 saturated carbocycles. The smallest absolute Gasteiger partial charge is 0.352 e. The summed E-state index contributed by atoms with van der Waals surface area (Å²) < 4.78 is 65.8. The summed E-state index contributed by atoms with van der Waals surface area (Å²) in [6.45, 7) is 0.940. The van der Waals surface area contributed by atoms with Crippen molar-refractivity contribution in [2.75, 3.05) is 17.1 Å². The molecule has 0 saturated heterocycles. The number of hydrogen-bond acceptors (Lipinski definition) is 4. The quantitative estimate of drug-likeness (QED) is 0.434. The number of amides is 2. The summed E-state index contributed by atoms with van der Waals surface area (Å²) in [6.07, 6.45) is 0.0320. The van der Waals surface area contributed by atoms with Crippen LogP contribution in [0.1, 0.15) is 50.2 Å². The van der Waals surface area contributed by atoms with E-state index in [1.165, 1.54) is 11.0 Å². The molecule has 0 radical (unpaired) electrons. The van der Waals surface area contributed by atoms with E-state index in [4.69, 9.17) is 11.6 Å². The third-order valence-electron chi connectivity index (χ3n) is 6.49. The SMILES string of the molecule is CC[C@@H](C(=O)NC1CCCC1)N(Cc1ccc(Cl)cc1)C(=O)CN(c1cccc(C(F)(F)F)c1)S(C)(=O)=O. The number of benzene rings is 2. The van der Waals surface area contributed by atoms with Crippen molar-refractivity contribution >= 4 is 39.1 Å². The minimum atomic E-state index is -4.70. The summed E-state index contributed by atoms with van der Waals surface area (Å²) in [7, 11) is -4.16. The van der Waals surface area contributed by atoms with Gasteiger partial charge in [0.1, 0.15) is 12.6 Å². The highest BCUT2D eigenvalue weighted by molar-refractivity contribution is 7.92. The molecule has 0 unspecified atom stereocenters. The van der Waals surface area contributed by atoms with Gasteiger partial charge < -0.3 is 10.2 Å². The number of carbonyl (C=O) groups excluding carboxylic acids is 2. The molecule has 2 aromatic rings. The predicted octanol–water partition coefficient (Wildman–Crippen LogP) is 4.99. The Morgan fingerprint density at radius 2 is 1.74 bits per heavy atom. The van der Waals surface area contributed by atoms with Gasteiger partial charge in [0.25, 0.3) is 0 Å². The topological polar surface area (TPSA) is 86.8 Å². The number of carbonyl (C=O) groups is 2. The minimum Gasteiger partial charge on any atom is -0.352 e. The zero-order chi connectivity index (χ0) is 28.1. The molecule has 0 aromatic heterocycles. The van der Waals surface area contributed by atoms with Crippen LogP contribution in [0.15, 0.2) is 48.5 Å². The van der Waals surface area contributed by atoms with Crippen LogP contribution in [0.25, 0.3) is 0 Å². The van der Waals surface area contributed by atoms with Gasteiger partial charge in [0.15, 0.2) is 0 Å². The van der Waals surface area contributed by atoms with E-state index in [-0.39, 0.29) is 30.6 Å². The van der Waals surface area contributed by atoms with Gasteiger partial charge in [-0.3, -0.25) is 13.9 Å². The summed E-state index contributed by atoms with van der Waals surface area (Å²) in [6, 6.07) is 9.49. The first-order valence-electron chi connectivity index (χ1n) is 12.3. The zero-order valence-electron chi connectivity index (χ0n) is 21.2. The lowest BCUT2D eigenvalue weighted by atomic mass is 10.1. The molecular formula is C26H31ClF3N3O4S. The molecule has 1 aliphatic carbocycles. The number of rotatable bonds is 10. The number of nitrogens with one attached hydrogen (secondary N) is 1. The highest BCUT2D eigenvalue weighted by atomic mass is 35.5. The fourth-order valence-corrected chi connectivity index (χ4v) is 5.49. The largest absolute Gasteiger partial charge is 0.416 e. The Morgan fingerprint density at radius 1 is 1.11 bits per heavy atom. The first-order chi connectivity index (χ1) is 17.8. The summed E-state index contributed by atoms with van der Waals surface area (Å²) in [4.78, 5) is 28.2. The monoisotopic (exact) mass is 573 g/mol. The third-order valence-corrected chi connectivity index (χ3v) is 7.89. The molecule has 0 bridgehead atoms. The van der Waals surface area contributed by atoms with Crippen LogP contribution in [0, 0.1) is 0 Å². The number of nitrogens with zero attached hydrogens (tertiary/aromatic N) is 2. The second kappa shape index (κ2) is 12.4. The van der Waals surface area contributed by atoms with Crippen molar-refractivity contribution in [3.63, 3.8) is 0 Å². The molecule has 1 aliphatic rings. The van der Waals surface area contributed by atoms with Gasteiger partial charge >= 0.3 is 6.18 Å². The number of alkyl halides is 3. The molecule has 2 amide bonds. The van der Waals surface area contributed by atoms with E-state index < -0.39 is 40.3 Å². The second-order valence-corrected chi connectivity index (χ2v) is 11.7. The molecule has 1 N–H and O–H groups in total. The molecular weight excluding hydrogens is 543 g/mol. The van der Waals surface area contributed by atoms with Crippen LogP contribution < -0.4 is 9.62 Å². The maximum absolute atomic E-state index is 13.7. The molecule has 0 heterocycles. The summed E-state index contributed by atoms with van der Waals surface area (Å²) in [5, 5.41) is 3.47. The molecule has 3 rings (SSSR count). The van der Waals surface area contributed by atoms with E-state index >= 15 is 0 Å². The lowest BCUT2D eigenvalue weighted by Crippen LogP contribution is -2.53. The van der Waals surface area contributed by atoms with Gasteiger partial charge in [0.05, 0.1) is 17.5 Å². The average molecular weight is 574 g/mol. The average Bonchev–Trinajstić information content (AvgIpc) is 3.35. The molecule has 7 nitrogen and oxygen atoms in total. The van der Waals surface area contributed by atoms with Crippen molar-refractivity contribution in [2.24, 2.45) is 0 Å². The van der Waals surface area contributed by atoms with E-state index in [1.807, 2.05) is 0 Å². The summed E-state index contributed by atoms with van der Waals surface area (Å²) in [5.41, 5.74) is -0.693. The van der Waals surface area contributed by atoms with Crippen LogP contribution in [-0.2, 0) is 32.3 Å². The molecule has 12 heteroatoms. The lowest BCUT2D eigenvalue weighted by molar-refractivity contribution is -0.140. The Morgan fingerprint density at radius 3 is 2.29 bits per heavy atom. The molecule has 38 heavy (non-hydrogen) atoms. The van der Waals surface area contributed by atoms with Gasteiger partial charge in [-0.1, -0.05) is 49.6 Å². The first-order valence-corrected chi connectivity index (χ1v) is 14.5. The fraction of sp³-hybridized carbons (Fsp3) is 0.462. The summed E-state index contributed by atoms with van der Waals surface area (Å²) >= 11 is 5.98. The third kappa shape index (κ3) is 7.86. The van der Waals surface area contributed by atoms with Crippen molar-refractivity contribution in [2.45, 2.75) is 63.8 Å². The number of halogens is 4. The van der Waals surface area contributed by atoms with E-state index in [1.54, 1.807) is 31.2 Å². The van der Waals surface area contributed by atoms with E-state index in [0.29, 0.717) is 21.0 Å². The molecule has 0 aliphatic heterocycles. The lowest BCUT2D eigenvalue weighted by Gasteiger charge is -2.33. The maximum atomic E-state index is 13.7. The van der Waals surface area contributed by atoms with Gasteiger partial charge in [-0.05, 0) is 55.2 Å². The van der Waals surface area contributed by atoms with E-state index in [2.05, 4.69) is 5.32 Å². The van der Waals surface area contributed by atoms with Crippen LogP contribution >= 0.6 is 11.6 Å². The standard InChI is InChI=1S/C26H31ClF3N3O4S/c1-3-23(25(35)31-21-8-4-5-9-21)32(16-18-11-13-20(27)14-12-18)24(34)17-33(38(2,36)37)22-10-6-7-19(15-22)26(28,29)30/h6-7,10-15,21,23H,3-5,8-9,16-17H2,1-2H3,(H,31,35)/t23-/m0/s1. The van der Waals surface area contributed by atoms with Gasteiger partial charge in [-0.25, -0.2) is 8.42 Å². The van der Waals surface area contributed by atoms with Crippen LogP contribution in [0.5, 0.6) is 0 Å². The first kappa shape index (κ1) is 29.8. The van der Waals surface area contributed by atoms with Crippen molar-refractivity contribution < 1.29 is 31.2 Å². The maximum Gasteiger partial charge on any atom is 0.416 e. The van der Waals surface area contributed by atoms with Gasteiger partial charge in [0, 0.05) is 17.6 Å². The molecule has 2 aromatic carbocycles. The van der Waals surface area contributed by atoms with Gasteiger partial charge in [0.2, 0.25) is 21.8 Å². The van der Waals surface area contributed by atoms with Gasteiger partial charge in [-0.15, -0.1) is 0 Å². The number of hydrogen-bond donors (Lipinski definition) is 1. The Kier molecular flexibility index (Phi) is 9.69. The van der Waals surface area contributed by atoms with Crippen molar-refractivity contribution in [3.05, 3.63) is 64.7 Å². The van der Waals surface area contributed by atoms with Crippen LogP contribution in [0.4, 0.5) is 18.9 Å². The molecule has 208 valence electrons. The second-order valence-electron chi connectivity index (χ2n) is 9.38. The van der Waals surface area contributed by atoms with E-state index in [0.717, 1.165) is 44.1 Å². The Hall–Kier alpha value is -2.79. The fourth-order valence-electron chi connectivity index (χ4n) is 4.52. The van der Waals surface area contributed by atoms with Crippen LogP contribution in [0.3, 0.4) is 0 Å². The van der Waals surface area contributed by atoms with Crippen molar-refractivity contribution in [3.8, 4) is 0 Å². The molecule has 1 atom stereocenters. The Labute approximate surface area is 226 Å². The van der Waals surface area contributed by atoms with E-state index in [9.17, 15) is 31.2 Å². The molecule has 1 fully saturated rings. The van der Waals surface area contributed by atoms with Crippen LogP contribution in [-0.4, -0.2) is 50.0 Å². The number of anilines is 1.